The number of hydrogen-bond donors (Lipinski definition) is 2. The van der Waals surface area contributed by atoms with Crippen LogP contribution in [0.2, 0.25) is 5.02 Å². The van der Waals surface area contributed by atoms with E-state index in [1.807, 2.05) is 0 Å². The summed E-state index contributed by atoms with van der Waals surface area (Å²) in [5.41, 5.74) is -0.194. The molecule has 1 aliphatic rings. The Morgan fingerprint density at radius 2 is 2.32 bits per heavy atom. The Kier molecular flexibility index (Phi) is 4.16. The first-order valence-corrected chi connectivity index (χ1v) is 7.01. The molecule has 0 bridgehead atoms. The molecule has 0 radical (unpaired) electrons. The van der Waals surface area contributed by atoms with Gasteiger partial charge in [-0.3, -0.25) is 4.79 Å². The summed E-state index contributed by atoms with van der Waals surface area (Å²) >= 11 is 6.06. The lowest BCUT2D eigenvalue weighted by Crippen LogP contribution is -2.45. The van der Waals surface area contributed by atoms with Crippen molar-refractivity contribution in [3.8, 4) is 0 Å². The van der Waals surface area contributed by atoms with Crippen molar-refractivity contribution in [1.29, 1.82) is 0 Å². The van der Waals surface area contributed by atoms with Crippen LogP contribution in [0, 0.1) is 0 Å². The van der Waals surface area contributed by atoms with E-state index in [1.54, 1.807) is 0 Å². The molecule has 1 saturated heterocycles. The van der Waals surface area contributed by atoms with Crippen LogP contribution in [-0.2, 0) is 0 Å². The third kappa shape index (κ3) is 3.48. The highest BCUT2D eigenvalue weighted by Crippen LogP contribution is 2.27. The van der Waals surface area contributed by atoms with Crippen LogP contribution in [0.25, 0.3) is 0 Å². The molecule has 2 heterocycles. The van der Waals surface area contributed by atoms with E-state index >= 15 is 0 Å². The van der Waals surface area contributed by atoms with Gasteiger partial charge in [0.05, 0.1) is 6.33 Å². The summed E-state index contributed by atoms with van der Waals surface area (Å²) in [5.74, 6) is 0.601. The molecule has 0 spiro atoms. The van der Waals surface area contributed by atoms with E-state index in [-0.39, 0.29) is 16.1 Å². The van der Waals surface area contributed by atoms with Gasteiger partial charge in [-0.05, 0) is 33.6 Å². The monoisotopic (exact) mass is 284 g/mol. The number of hydrogen-bond acceptors (Lipinski definition) is 4. The smallest absolute Gasteiger partial charge is 0.271 e. The van der Waals surface area contributed by atoms with Crippen molar-refractivity contribution in [3.05, 3.63) is 21.7 Å². The topological polar surface area (TPSA) is 61.0 Å². The Bertz CT molecular complexity index is 494. The van der Waals surface area contributed by atoms with Gasteiger partial charge in [-0.2, -0.15) is 0 Å². The van der Waals surface area contributed by atoms with Gasteiger partial charge in [-0.1, -0.05) is 11.6 Å². The Balaban J connectivity index is 2.14. The molecule has 1 fully saturated rings. The zero-order valence-corrected chi connectivity index (χ0v) is 12.4. The van der Waals surface area contributed by atoms with Crippen LogP contribution in [0.4, 0.5) is 5.82 Å². The Labute approximate surface area is 118 Å². The SMILES string of the molecule is CC(C)(C)NCC1CCCN1c1nc[nH]c(=O)c1Cl. The second kappa shape index (κ2) is 5.51. The molecule has 0 amide bonds. The predicted octanol–water partition coefficient (Wildman–Crippen LogP) is 1.78. The summed E-state index contributed by atoms with van der Waals surface area (Å²) in [7, 11) is 0. The molecule has 6 heteroatoms. The molecule has 5 nitrogen and oxygen atoms in total. The summed E-state index contributed by atoms with van der Waals surface area (Å²) in [6.45, 7) is 8.20. The quantitative estimate of drug-likeness (QED) is 0.888. The van der Waals surface area contributed by atoms with E-state index < -0.39 is 0 Å². The maximum atomic E-state index is 11.6. The predicted molar refractivity (Wildman–Crippen MR) is 78.0 cm³/mol. The first-order chi connectivity index (χ1) is 8.88. The number of H-pyrrole nitrogens is 1. The van der Waals surface area contributed by atoms with Crippen LogP contribution in [0.3, 0.4) is 0 Å². The molecule has 0 saturated carbocycles. The van der Waals surface area contributed by atoms with E-state index in [2.05, 4.69) is 41.0 Å². The molecule has 1 aromatic heterocycles. The van der Waals surface area contributed by atoms with Gasteiger partial charge in [0.2, 0.25) is 0 Å². The summed E-state index contributed by atoms with van der Waals surface area (Å²) in [4.78, 5) is 20.4. The van der Waals surface area contributed by atoms with Crippen LogP contribution < -0.4 is 15.8 Å². The van der Waals surface area contributed by atoms with E-state index in [0.29, 0.717) is 11.9 Å². The van der Waals surface area contributed by atoms with Gasteiger partial charge < -0.3 is 15.2 Å². The minimum absolute atomic E-state index is 0.0830. The molecule has 19 heavy (non-hydrogen) atoms. The zero-order chi connectivity index (χ0) is 14.0. The molecule has 1 atom stereocenters. The summed E-state index contributed by atoms with van der Waals surface area (Å²) in [6, 6.07) is 0.339. The molecule has 2 N–H and O–H groups in total. The number of rotatable bonds is 3. The maximum absolute atomic E-state index is 11.6. The lowest BCUT2D eigenvalue weighted by Gasteiger charge is -2.29. The molecule has 1 unspecified atom stereocenters. The normalized spacial score (nSPS) is 20.0. The van der Waals surface area contributed by atoms with E-state index in [4.69, 9.17) is 11.6 Å². The Morgan fingerprint density at radius 3 is 3.00 bits per heavy atom. The van der Waals surface area contributed by atoms with Crippen LogP contribution in [0.15, 0.2) is 11.1 Å². The highest BCUT2D eigenvalue weighted by atomic mass is 35.5. The molecule has 2 rings (SSSR count). The second-order valence-electron chi connectivity index (χ2n) is 5.99. The average molecular weight is 285 g/mol. The van der Waals surface area contributed by atoms with E-state index in [9.17, 15) is 4.79 Å². The van der Waals surface area contributed by atoms with Crippen molar-refractivity contribution < 1.29 is 0 Å². The molecule has 1 aromatic rings. The van der Waals surface area contributed by atoms with E-state index in [1.165, 1.54) is 6.33 Å². The lowest BCUT2D eigenvalue weighted by molar-refractivity contribution is 0.404. The number of nitrogens with zero attached hydrogens (tertiary/aromatic N) is 2. The first kappa shape index (κ1) is 14.3. The van der Waals surface area contributed by atoms with Crippen LogP contribution in [0.1, 0.15) is 33.6 Å². The van der Waals surface area contributed by atoms with Crippen molar-refractivity contribution >= 4 is 17.4 Å². The van der Waals surface area contributed by atoms with Gasteiger partial charge in [0.15, 0.2) is 5.82 Å². The fraction of sp³-hybridized carbons (Fsp3) is 0.692. The fourth-order valence-corrected chi connectivity index (χ4v) is 2.54. The van der Waals surface area contributed by atoms with Gasteiger partial charge in [-0.15, -0.1) is 0 Å². The molecular formula is C13H21ClN4O. The summed E-state index contributed by atoms with van der Waals surface area (Å²) in [5, 5.41) is 3.68. The van der Waals surface area contributed by atoms with Crippen LogP contribution >= 0.6 is 11.6 Å². The number of aromatic amines is 1. The van der Waals surface area contributed by atoms with Crippen molar-refractivity contribution in [1.82, 2.24) is 15.3 Å². The maximum Gasteiger partial charge on any atom is 0.271 e. The highest BCUT2D eigenvalue weighted by Gasteiger charge is 2.28. The summed E-state index contributed by atoms with van der Waals surface area (Å²) in [6.07, 6.45) is 3.60. The van der Waals surface area contributed by atoms with Crippen molar-refractivity contribution in [2.75, 3.05) is 18.0 Å². The molecule has 106 valence electrons. The largest absolute Gasteiger partial charge is 0.351 e. The molecule has 0 aliphatic carbocycles. The molecule has 1 aliphatic heterocycles. The molecular weight excluding hydrogens is 264 g/mol. The highest BCUT2D eigenvalue weighted by molar-refractivity contribution is 6.32. The molecule has 0 aromatic carbocycles. The lowest BCUT2D eigenvalue weighted by atomic mass is 10.1. The van der Waals surface area contributed by atoms with Gasteiger partial charge in [0, 0.05) is 24.7 Å². The number of nitrogens with one attached hydrogen (secondary N) is 2. The Morgan fingerprint density at radius 1 is 1.58 bits per heavy atom. The fourth-order valence-electron chi connectivity index (χ4n) is 2.32. The van der Waals surface area contributed by atoms with Gasteiger partial charge in [-0.25, -0.2) is 4.98 Å². The number of halogens is 1. The van der Waals surface area contributed by atoms with Crippen molar-refractivity contribution in [2.45, 2.75) is 45.2 Å². The van der Waals surface area contributed by atoms with Gasteiger partial charge in [0.25, 0.3) is 5.56 Å². The van der Waals surface area contributed by atoms with Gasteiger partial charge in [0.1, 0.15) is 5.02 Å². The zero-order valence-electron chi connectivity index (χ0n) is 11.7. The van der Waals surface area contributed by atoms with Gasteiger partial charge >= 0.3 is 0 Å². The van der Waals surface area contributed by atoms with Crippen LogP contribution in [0.5, 0.6) is 0 Å². The number of aromatic nitrogens is 2. The first-order valence-electron chi connectivity index (χ1n) is 6.63. The third-order valence-electron chi connectivity index (χ3n) is 3.30. The Hall–Kier alpha value is -1.07. The summed E-state index contributed by atoms with van der Waals surface area (Å²) < 4.78 is 0. The van der Waals surface area contributed by atoms with E-state index in [0.717, 1.165) is 25.9 Å². The third-order valence-corrected chi connectivity index (χ3v) is 3.64. The minimum Gasteiger partial charge on any atom is -0.351 e. The van der Waals surface area contributed by atoms with Crippen LogP contribution in [-0.4, -0.2) is 34.6 Å². The minimum atomic E-state index is -0.277. The van der Waals surface area contributed by atoms with Crippen molar-refractivity contribution in [2.24, 2.45) is 0 Å². The number of anilines is 1. The van der Waals surface area contributed by atoms with Crippen molar-refractivity contribution in [3.63, 3.8) is 0 Å². The average Bonchev–Trinajstić information content (AvgIpc) is 2.77. The standard InChI is InChI=1S/C13H21ClN4O/c1-13(2,3)17-7-9-5-4-6-18(9)11-10(14)12(19)16-8-15-11/h8-9,17H,4-7H2,1-3H3,(H,15,16,19). The second-order valence-corrected chi connectivity index (χ2v) is 6.37.